The number of para-hydroxylation sites is 1. The fraction of sp³-hybridized carbons (Fsp3) is 0.188. The van der Waals surface area contributed by atoms with Gasteiger partial charge in [-0.25, -0.2) is 0 Å². The number of hydrogen-bond donors (Lipinski definition) is 0. The molecular weight excluding hydrogens is 240 g/mol. The average Bonchev–Trinajstić information content (AvgIpc) is 2.47. The van der Waals surface area contributed by atoms with Gasteiger partial charge in [-0.3, -0.25) is 4.79 Å². The molecule has 3 rings (SSSR count). The van der Waals surface area contributed by atoms with E-state index in [1.54, 1.807) is 6.07 Å². The van der Waals surface area contributed by atoms with Crippen molar-refractivity contribution in [2.24, 2.45) is 0 Å². The maximum Gasteiger partial charge on any atom is 0.196 e. The molecule has 0 saturated heterocycles. The van der Waals surface area contributed by atoms with E-state index in [4.69, 9.17) is 9.47 Å². The number of fused-ring (bicyclic) bond motifs is 1. The normalized spacial score (nSPS) is 13.1. The van der Waals surface area contributed by atoms with Gasteiger partial charge in [-0.05, 0) is 19.1 Å². The molecule has 0 radical (unpaired) electrons. The van der Waals surface area contributed by atoms with E-state index in [9.17, 15) is 4.79 Å². The molecule has 1 aliphatic rings. The second-order valence-corrected chi connectivity index (χ2v) is 4.52. The highest BCUT2D eigenvalue weighted by Gasteiger charge is 2.21. The summed E-state index contributed by atoms with van der Waals surface area (Å²) in [5.74, 6) is 1.16. The number of ketones is 1. The number of carbonyl (C=O) groups excluding carboxylic acids is 1. The second-order valence-electron chi connectivity index (χ2n) is 4.52. The van der Waals surface area contributed by atoms with E-state index in [0.29, 0.717) is 35.8 Å². The third-order valence-corrected chi connectivity index (χ3v) is 3.12. The predicted octanol–water partition coefficient (Wildman–Crippen LogP) is 3.00. The predicted molar refractivity (Wildman–Crippen MR) is 72.0 cm³/mol. The lowest BCUT2D eigenvalue weighted by Crippen LogP contribution is -2.18. The van der Waals surface area contributed by atoms with Crippen LogP contribution in [0.25, 0.3) is 0 Å². The summed E-state index contributed by atoms with van der Waals surface area (Å²) < 4.78 is 11.1. The monoisotopic (exact) mass is 254 g/mol. The standard InChI is InChI=1S/C16H14O3/c1-11-5-7-12(8-6-11)15(17)13-3-2-4-14-16(13)19-10-9-18-14/h2-8H,9-10H2,1H3. The Morgan fingerprint density at radius 1 is 1.00 bits per heavy atom. The van der Waals surface area contributed by atoms with Gasteiger partial charge in [-0.2, -0.15) is 0 Å². The van der Waals surface area contributed by atoms with Gasteiger partial charge in [0.2, 0.25) is 0 Å². The molecule has 1 aliphatic heterocycles. The van der Waals surface area contributed by atoms with E-state index in [0.717, 1.165) is 5.56 Å². The minimum absolute atomic E-state index is 0.0395. The van der Waals surface area contributed by atoms with Crippen LogP contribution in [0.4, 0.5) is 0 Å². The average molecular weight is 254 g/mol. The van der Waals surface area contributed by atoms with Gasteiger partial charge in [-0.15, -0.1) is 0 Å². The molecule has 0 bridgehead atoms. The molecule has 0 saturated carbocycles. The van der Waals surface area contributed by atoms with Gasteiger partial charge >= 0.3 is 0 Å². The zero-order valence-corrected chi connectivity index (χ0v) is 10.7. The van der Waals surface area contributed by atoms with Crippen LogP contribution in [0.3, 0.4) is 0 Å². The molecule has 0 aromatic heterocycles. The third-order valence-electron chi connectivity index (χ3n) is 3.12. The summed E-state index contributed by atoms with van der Waals surface area (Å²) in [6.45, 7) is 3.00. The Bertz CT molecular complexity index is 614. The molecule has 0 amide bonds. The van der Waals surface area contributed by atoms with Crippen LogP contribution in [0.1, 0.15) is 21.5 Å². The van der Waals surface area contributed by atoms with Gasteiger partial charge < -0.3 is 9.47 Å². The Labute approximate surface area is 111 Å². The third kappa shape index (κ3) is 2.19. The summed E-state index contributed by atoms with van der Waals surface area (Å²) in [4.78, 5) is 12.5. The van der Waals surface area contributed by atoms with E-state index in [-0.39, 0.29) is 5.78 Å². The number of hydrogen-bond acceptors (Lipinski definition) is 3. The lowest BCUT2D eigenvalue weighted by molar-refractivity contribution is 0.102. The topological polar surface area (TPSA) is 35.5 Å². The Morgan fingerprint density at radius 2 is 1.74 bits per heavy atom. The second kappa shape index (κ2) is 4.76. The van der Waals surface area contributed by atoms with Crippen LogP contribution in [-0.2, 0) is 0 Å². The highest BCUT2D eigenvalue weighted by molar-refractivity contribution is 6.11. The molecule has 1 heterocycles. The number of aryl methyl sites for hydroxylation is 1. The number of benzene rings is 2. The van der Waals surface area contributed by atoms with Crippen molar-refractivity contribution in [1.29, 1.82) is 0 Å². The van der Waals surface area contributed by atoms with Gasteiger partial charge in [0.1, 0.15) is 13.2 Å². The summed E-state index contributed by atoms with van der Waals surface area (Å²) in [5.41, 5.74) is 2.35. The molecule has 0 N–H and O–H groups in total. The van der Waals surface area contributed by atoms with Gasteiger partial charge in [-0.1, -0.05) is 35.9 Å². The van der Waals surface area contributed by atoms with E-state index in [1.807, 2.05) is 43.3 Å². The first-order valence-corrected chi connectivity index (χ1v) is 6.26. The van der Waals surface area contributed by atoms with Crippen molar-refractivity contribution < 1.29 is 14.3 Å². The molecule has 0 unspecified atom stereocenters. The Balaban J connectivity index is 2.02. The van der Waals surface area contributed by atoms with E-state index < -0.39 is 0 Å². The molecule has 19 heavy (non-hydrogen) atoms. The summed E-state index contributed by atoms with van der Waals surface area (Å²) in [7, 11) is 0. The maximum atomic E-state index is 12.5. The minimum Gasteiger partial charge on any atom is -0.486 e. The summed E-state index contributed by atoms with van der Waals surface area (Å²) in [6.07, 6.45) is 0. The molecule has 0 spiro atoms. The minimum atomic E-state index is -0.0395. The molecule has 0 atom stereocenters. The molecule has 3 heteroatoms. The van der Waals surface area contributed by atoms with Crippen molar-refractivity contribution in [3.63, 3.8) is 0 Å². The van der Waals surface area contributed by atoms with E-state index in [2.05, 4.69) is 0 Å². The first kappa shape index (κ1) is 11.8. The van der Waals surface area contributed by atoms with Gasteiger partial charge in [0, 0.05) is 5.56 Å². The lowest BCUT2D eigenvalue weighted by atomic mass is 10.0. The van der Waals surface area contributed by atoms with Gasteiger partial charge in [0.15, 0.2) is 17.3 Å². The SMILES string of the molecule is Cc1ccc(C(=O)c2cccc3c2OCCO3)cc1. The fourth-order valence-electron chi connectivity index (χ4n) is 2.11. The first-order valence-electron chi connectivity index (χ1n) is 6.26. The van der Waals surface area contributed by atoms with E-state index in [1.165, 1.54) is 0 Å². The van der Waals surface area contributed by atoms with Crippen molar-refractivity contribution in [3.8, 4) is 11.5 Å². The largest absolute Gasteiger partial charge is 0.486 e. The number of carbonyl (C=O) groups is 1. The smallest absolute Gasteiger partial charge is 0.196 e. The number of ether oxygens (including phenoxy) is 2. The van der Waals surface area contributed by atoms with Crippen LogP contribution in [0, 0.1) is 6.92 Å². The zero-order valence-electron chi connectivity index (χ0n) is 10.7. The van der Waals surface area contributed by atoms with Crippen molar-refractivity contribution in [1.82, 2.24) is 0 Å². The highest BCUT2D eigenvalue weighted by atomic mass is 16.6. The summed E-state index contributed by atoms with van der Waals surface area (Å²) >= 11 is 0. The Kier molecular flexibility index (Phi) is 2.95. The molecule has 0 fully saturated rings. The lowest BCUT2D eigenvalue weighted by Gasteiger charge is -2.20. The Hall–Kier alpha value is -2.29. The maximum absolute atomic E-state index is 12.5. The molecular formula is C16H14O3. The highest BCUT2D eigenvalue weighted by Crippen LogP contribution is 2.34. The Morgan fingerprint density at radius 3 is 2.53 bits per heavy atom. The van der Waals surface area contributed by atoms with Gasteiger partial charge in [0.25, 0.3) is 0 Å². The summed E-state index contributed by atoms with van der Waals surface area (Å²) in [6, 6.07) is 12.9. The van der Waals surface area contributed by atoms with Crippen molar-refractivity contribution in [2.75, 3.05) is 13.2 Å². The molecule has 0 aliphatic carbocycles. The van der Waals surface area contributed by atoms with E-state index >= 15 is 0 Å². The molecule has 3 nitrogen and oxygen atoms in total. The number of rotatable bonds is 2. The van der Waals surface area contributed by atoms with Crippen molar-refractivity contribution >= 4 is 5.78 Å². The van der Waals surface area contributed by atoms with Crippen LogP contribution < -0.4 is 9.47 Å². The van der Waals surface area contributed by atoms with Crippen LogP contribution in [0.5, 0.6) is 11.5 Å². The quantitative estimate of drug-likeness (QED) is 0.773. The van der Waals surface area contributed by atoms with Crippen molar-refractivity contribution in [3.05, 3.63) is 59.2 Å². The van der Waals surface area contributed by atoms with Gasteiger partial charge in [0.05, 0.1) is 5.56 Å². The fourth-order valence-corrected chi connectivity index (χ4v) is 2.11. The van der Waals surface area contributed by atoms with Crippen LogP contribution >= 0.6 is 0 Å². The van der Waals surface area contributed by atoms with Crippen LogP contribution in [0.2, 0.25) is 0 Å². The van der Waals surface area contributed by atoms with Crippen LogP contribution in [0.15, 0.2) is 42.5 Å². The van der Waals surface area contributed by atoms with Crippen LogP contribution in [-0.4, -0.2) is 19.0 Å². The summed E-state index contributed by atoms with van der Waals surface area (Å²) in [5, 5.41) is 0. The molecule has 2 aromatic rings. The van der Waals surface area contributed by atoms with Crippen molar-refractivity contribution in [2.45, 2.75) is 6.92 Å². The zero-order chi connectivity index (χ0) is 13.2. The molecule has 2 aromatic carbocycles. The molecule has 96 valence electrons. The first-order chi connectivity index (χ1) is 9.25.